The Bertz CT molecular complexity index is 433. The number of esters is 1. The zero-order chi connectivity index (χ0) is 12.8. The van der Waals surface area contributed by atoms with Crippen LogP contribution in [0.3, 0.4) is 0 Å². The molecule has 5 nitrogen and oxygen atoms in total. The molecule has 0 aliphatic rings. The lowest BCUT2D eigenvalue weighted by Gasteiger charge is -2.10. The Hall–Kier alpha value is -1.15. The van der Waals surface area contributed by atoms with E-state index in [1.165, 1.54) is 14.0 Å². The molecular formula is C11H12INO4. The first-order chi connectivity index (χ1) is 8.08. The minimum absolute atomic E-state index is 0.248. The number of rotatable bonds is 4. The maximum Gasteiger partial charge on any atom is 0.339 e. The Morgan fingerprint density at radius 3 is 2.65 bits per heavy atom. The van der Waals surface area contributed by atoms with Gasteiger partial charge in [-0.1, -0.05) is 6.07 Å². The van der Waals surface area contributed by atoms with E-state index in [0.29, 0.717) is 17.9 Å². The summed E-state index contributed by atoms with van der Waals surface area (Å²) in [5.41, 5.74) is 1.60. The van der Waals surface area contributed by atoms with Crippen LogP contribution >= 0.6 is 23.0 Å². The first-order valence-corrected chi connectivity index (χ1v) is 5.69. The number of anilines is 1. The summed E-state index contributed by atoms with van der Waals surface area (Å²) in [6, 6.07) is 5.03. The Morgan fingerprint density at radius 1 is 1.41 bits per heavy atom. The third-order valence-electron chi connectivity index (χ3n) is 2.02. The van der Waals surface area contributed by atoms with Crippen LogP contribution in [0.15, 0.2) is 18.2 Å². The van der Waals surface area contributed by atoms with Gasteiger partial charge < -0.3 is 13.1 Å². The zero-order valence-corrected chi connectivity index (χ0v) is 11.6. The Kier molecular flexibility index (Phi) is 5.36. The number of hydrogen-bond donors (Lipinski definition) is 1. The van der Waals surface area contributed by atoms with E-state index in [0.717, 1.165) is 5.56 Å². The van der Waals surface area contributed by atoms with Crippen molar-refractivity contribution in [1.29, 1.82) is 0 Å². The summed E-state index contributed by atoms with van der Waals surface area (Å²) in [6.45, 7) is 1.77. The van der Waals surface area contributed by atoms with Gasteiger partial charge in [0.15, 0.2) is 0 Å². The van der Waals surface area contributed by atoms with Crippen molar-refractivity contribution < 1.29 is 17.4 Å². The summed E-state index contributed by atoms with van der Waals surface area (Å²) in [5.74, 6) is -0.738. The molecule has 1 aromatic rings. The maximum atomic E-state index is 11.5. The molecule has 0 saturated heterocycles. The van der Waals surface area contributed by atoms with E-state index in [4.69, 9.17) is 3.07 Å². The van der Waals surface area contributed by atoms with Crippen molar-refractivity contribution in [2.75, 3.05) is 12.4 Å². The third kappa shape index (κ3) is 3.97. The van der Waals surface area contributed by atoms with Crippen molar-refractivity contribution in [2.45, 2.75) is 13.5 Å². The average Bonchev–Trinajstić information content (AvgIpc) is 2.28. The summed E-state index contributed by atoms with van der Waals surface area (Å²) in [4.78, 5) is 22.5. The fourth-order valence-electron chi connectivity index (χ4n) is 1.33. The summed E-state index contributed by atoms with van der Waals surface area (Å²) < 4.78 is 9.59. The molecule has 1 rings (SSSR count). The number of benzene rings is 1. The Labute approximate surface area is 113 Å². The fourth-order valence-corrected chi connectivity index (χ4v) is 1.68. The third-order valence-corrected chi connectivity index (χ3v) is 2.33. The minimum atomic E-state index is -0.490. The Morgan fingerprint density at radius 2 is 2.12 bits per heavy atom. The van der Waals surface area contributed by atoms with Gasteiger partial charge in [-0.25, -0.2) is 4.79 Å². The second-order valence-corrected chi connectivity index (χ2v) is 3.93. The first kappa shape index (κ1) is 13.9. The van der Waals surface area contributed by atoms with Crippen molar-refractivity contribution in [1.82, 2.24) is 0 Å². The van der Waals surface area contributed by atoms with Crippen molar-refractivity contribution in [2.24, 2.45) is 0 Å². The molecule has 0 aliphatic carbocycles. The first-order valence-electron chi connectivity index (χ1n) is 4.81. The van der Waals surface area contributed by atoms with E-state index < -0.39 is 5.97 Å². The molecular weight excluding hydrogens is 337 g/mol. The van der Waals surface area contributed by atoms with Crippen LogP contribution in [0.25, 0.3) is 0 Å². The van der Waals surface area contributed by atoms with Crippen molar-refractivity contribution in [3.05, 3.63) is 29.3 Å². The van der Waals surface area contributed by atoms with Crippen molar-refractivity contribution in [3.63, 3.8) is 0 Å². The van der Waals surface area contributed by atoms with Crippen LogP contribution in [0, 0.1) is 0 Å². The molecule has 0 unspecified atom stereocenters. The van der Waals surface area contributed by atoms with Crippen LogP contribution in [0.5, 0.6) is 0 Å². The predicted octanol–water partition coefficient (Wildman–Crippen LogP) is 2.30. The second kappa shape index (κ2) is 6.55. The molecule has 1 aromatic carbocycles. The van der Waals surface area contributed by atoms with E-state index in [1.807, 2.05) is 0 Å². The van der Waals surface area contributed by atoms with Gasteiger partial charge in [0.1, 0.15) is 23.0 Å². The molecule has 0 saturated carbocycles. The molecule has 0 fully saturated rings. The molecule has 1 N–H and O–H groups in total. The minimum Gasteiger partial charge on any atom is -0.465 e. The fraction of sp³-hybridized carbons (Fsp3) is 0.273. The lowest BCUT2D eigenvalue weighted by molar-refractivity contribution is -0.114. The highest BCUT2D eigenvalue weighted by atomic mass is 127. The zero-order valence-electron chi connectivity index (χ0n) is 9.45. The van der Waals surface area contributed by atoms with E-state index in [9.17, 15) is 9.59 Å². The number of amides is 1. The highest BCUT2D eigenvalue weighted by molar-refractivity contribution is 14.1. The number of carbonyl (C=O) groups is 2. The molecule has 92 valence electrons. The number of nitrogens with one attached hydrogen (secondary N) is 1. The summed E-state index contributed by atoms with van der Waals surface area (Å²) >= 11 is 1.78. The molecule has 0 spiro atoms. The highest BCUT2D eigenvalue weighted by Crippen LogP contribution is 2.20. The molecule has 6 heteroatoms. The van der Waals surface area contributed by atoms with Crippen molar-refractivity contribution in [3.8, 4) is 0 Å². The van der Waals surface area contributed by atoms with Gasteiger partial charge in [0.2, 0.25) is 5.91 Å². The molecule has 0 aliphatic heterocycles. The maximum absolute atomic E-state index is 11.5. The molecule has 17 heavy (non-hydrogen) atoms. The van der Waals surface area contributed by atoms with Gasteiger partial charge in [-0.2, -0.15) is 0 Å². The Balaban J connectivity index is 3.11. The number of hydrogen-bond acceptors (Lipinski definition) is 4. The lowest BCUT2D eigenvalue weighted by Crippen LogP contribution is -2.12. The summed E-state index contributed by atoms with van der Waals surface area (Å²) in [5, 5.41) is 2.59. The topological polar surface area (TPSA) is 64.6 Å². The molecule has 0 radical (unpaired) electrons. The highest BCUT2D eigenvalue weighted by Gasteiger charge is 2.13. The number of ether oxygens (including phenoxy) is 1. The smallest absolute Gasteiger partial charge is 0.339 e. The molecule has 0 aromatic heterocycles. The van der Waals surface area contributed by atoms with Gasteiger partial charge >= 0.3 is 5.97 Å². The van der Waals surface area contributed by atoms with E-state index >= 15 is 0 Å². The van der Waals surface area contributed by atoms with Crippen LogP contribution in [-0.4, -0.2) is 19.0 Å². The largest absolute Gasteiger partial charge is 0.465 e. The number of halogens is 1. The molecule has 0 bridgehead atoms. The van der Waals surface area contributed by atoms with Crippen LogP contribution in [0.2, 0.25) is 0 Å². The van der Waals surface area contributed by atoms with Gasteiger partial charge in [-0.05, 0) is 17.7 Å². The average molecular weight is 349 g/mol. The molecule has 0 atom stereocenters. The normalized spacial score (nSPS) is 9.82. The SMILES string of the molecule is COC(=O)c1ccc(COI)cc1NC(C)=O. The summed E-state index contributed by atoms with van der Waals surface area (Å²) in [7, 11) is 1.29. The van der Waals surface area contributed by atoms with Crippen LogP contribution in [0.1, 0.15) is 22.8 Å². The van der Waals surface area contributed by atoms with Gasteiger partial charge in [-0.15, -0.1) is 0 Å². The molecule has 0 heterocycles. The number of methoxy groups -OCH3 is 1. The van der Waals surface area contributed by atoms with Gasteiger partial charge in [0.05, 0.1) is 25.0 Å². The number of carbonyl (C=O) groups excluding carboxylic acids is 2. The van der Waals surface area contributed by atoms with E-state index in [1.54, 1.807) is 41.2 Å². The van der Waals surface area contributed by atoms with E-state index in [2.05, 4.69) is 10.1 Å². The lowest BCUT2D eigenvalue weighted by atomic mass is 10.1. The van der Waals surface area contributed by atoms with Gasteiger partial charge in [0.25, 0.3) is 0 Å². The second-order valence-electron chi connectivity index (χ2n) is 3.31. The standard InChI is InChI=1S/C11H12INO4/c1-7(14)13-10-5-8(6-17-12)3-4-9(10)11(15)16-2/h3-5H,6H2,1-2H3,(H,13,14). The van der Waals surface area contributed by atoms with Crippen LogP contribution in [0.4, 0.5) is 5.69 Å². The quantitative estimate of drug-likeness (QED) is 0.669. The van der Waals surface area contributed by atoms with Crippen LogP contribution < -0.4 is 5.32 Å². The van der Waals surface area contributed by atoms with Gasteiger partial charge in [-0.3, -0.25) is 4.79 Å². The summed E-state index contributed by atoms with van der Waals surface area (Å²) in [6.07, 6.45) is 0. The monoisotopic (exact) mass is 349 g/mol. The van der Waals surface area contributed by atoms with Gasteiger partial charge in [0, 0.05) is 6.92 Å². The van der Waals surface area contributed by atoms with E-state index in [-0.39, 0.29) is 5.91 Å². The molecule has 1 amide bonds. The van der Waals surface area contributed by atoms with Crippen LogP contribution in [-0.2, 0) is 19.2 Å². The predicted molar refractivity (Wildman–Crippen MR) is 70.9 cm³/mol. The van der Waals surface area contributed by atoms with Crippen molar-refractivity contribution >= 4 is 40.6 Å².